The lowest BCUT2D eigenvalue weighted by Gasteiger charge is -2.26. The van der Waals surface area contributed by atoms with Crippen molar-refractivity contribution in [2.24, 2.45) is 5.73 Å². The average Bonchev–Trinajstić information content (AvgIpc) is 3.16. The number of esters is 1. The average molecular weight is 350 g/mol. The number of carbonyl (C=O) groups is 1. The zero-order valence-corrected chi connectivity index (χ0v) is 14.4. The maximum absolute atomic E-state index is 12.5. The van der Waals surface area contributed by atoms with Gasteiger partial charge in [0.2, 0.25) is 5.88 Å². The lowest BCUT2D eigenvalue weighted by atomic mass is 9.83. The van der Waals surface area contributed by atoms with E-state index in [4.69, 9.17) is 15.2 Å². The zero-order chi connectivity index (χ0) is 18.7. The monoisotopic (exact) mass is 350 g/mol. The summed E-state index contributed by atoms with van der Waals surface area (Å²) in [5, 5.41) is 9.56. The standard InChI is InChI=1S/C19H18N4O3/c1-3-25-19(24)16-11(2)26-18(21)14(8-20)17(16)13-6-4-12(5-7-13)15-9-22-10-23-15/h4-7,9-10,17H,3,21H2,1-2H3,(H,22,23). The molecule has 1 aliphatic heterocycles. The Hall–Kier alpha value is -3.53. The highest BCUT2D eigenvalue weighted by atomic mass is 16.5. The van der Waals surface area contributed by atoms with Gasteiger partial charge < -0.3 is 20.2 Å². The second-order valence-corrected chi connectivity index (χ2v) is 5.70. The van der Waals surface area contributed by atoms with Crippen molar-refractivity contribution in [3.8, 4) is 17.3 Å². The van der Waals surface area contributed by atoms with Crippen LogP contribution in [0.3, 0.4) is 0 Å². The normalized spacial score (nSPS) is 16.9. The van der Waals surface area contributed by atoms with E-state index in [1.165, 1.54) is 0 Å². The highest BCUT2D eigenvalue weighted by Crippen LogP contribution is 2.39. The van der Waals surface area contributed by atoms with Crippen LogP contribution < -0.4 is 5.73 Å². The van der Waals surface area contributed by atoms with E-state index in [9.17, 15) is 10.1 Å². The predicted octanol–water partition coefficient (Wildman–Crippen LogP) is 2.72. The molecule has 1 atom stereocenters. The third-order valence-electron chi connectivity index (χ3n) is 4.15. The number of imidazole rings is 1. The minimum absolute atomic E-state index is 0.000642. The van der Waals surface area contributed by atoms with Crippen LogP contribution in [0, 0.1) is 11.3 Å². The second-order valence-electron chi connectivity index (χ2n) is 5.70. The van der Waals surface area contributed by atoms with Gasteiger partial charge in [0.15, 0.2) is 0 Å². The fraction of sp³-hybridized carbons (Fsp3) is 0.211. The van der Waals surface area contributed by atoms with Gasteiger partial charge in [0, 0.05) is 0 Å². The minimum atomic E-state index is -0.636. The lowest BCUT2D eigenvalue weighted by molar-refractivity contribution is -0.139. The SMILES string of the molecule is CCOC(=O)C1=C(C)OC(N)=C(C#N)C1c1ccc(-c2cnc[nH]2)cc1. The molecule has 0 saturated heterocycles. The summed E-state index contributed by atoms with van der Waals surface area (Å²) in [6.45, 7) is 3.59. The Morgan fingerprint density at radius 3 is 2.73 bits per heavy atom. The number of nitriles is 1. The Balaban J connectivity index is 2.06. The molecule has 0 fully saturated rings. The number of hydrogen-bond donors (Lipinski definition) is 2. The Morgan fingerprint density at radius 1 is 1.42 bits per heavy atom. The molecule has 0 bridgehead atoms. The molecular weight excluding hydrogens is 332 g/mol. The van der Waals surface area contributed by atoms with Crippen molar-refractivity contribution >= 4 is 5.97 Å². The van der Waals surface area contributed by atoms with Gasteiger partial charge in [0.05, 0.1) is 36.3 Å². The third-order valence-corrected chi connectivity index (χ3v) is 4.15. The number of allylic oxidation sites excluding steroid dienone is 2. The van der Waals surface area contributed by atoms with Crippen molar-refractivity contribution in [2.45, 2.75) is 19.8 Å². The van der Waals surface area contributed by atoms with Crippen LogP contribution in [-0.4, -0.2) is 22.5 Å². The summed E-state index contributed by atoms with van der Waals surface area (Å²) < 4.78 is 10.6. The first-order chi connectivity index (χ1) is 12.6. The van der Waals surface area contributed by atoms with E-state index >= 15 is 0 Å². The van der Waals surface area contributed by atoms with Gasteiger partial charge in [0.25, 0.3) is 0 Å². The molecule has 0 saturated carbocycles. The highest BCUT2D eigenvalue weighted by molar-refractivity contribution is 5.92. The summed E-state index contributed by atoms with van der Waals surface area (Å²) in [7, 11) is 0. The van der Waals surface area contributed by atoms with Crippen LogP contribution in [0.5, 0.6) is 0 Å². The predicted molar refractivity (Wildman–Crippen MR) is 94.0 cm³/mol. The quantitative estimate of drug-likeness (QED) is 0.820. The van der Waals surface area contributed by atoms with Crippen LogP contribution >= 0.6 is 0 Å². The van der Waals surface area contributed by atoms with Crippen LogP contribution in [0.25, 0.3) is 11.3 Å². The minimum Gasteiger partial charge on any atom is -0.463 e. The van der Waals surface area contributed by atoms with E-state index in [0.29, 0.717) is 5.76 Å². The summed E-state index contributed by atoms with van der Waals surface area (Å²) >= 11 is 0. The molecule has 132 valence electrons. The maximum atomic E-state index is 12.5. The highest BCUT2D eigenvalue weighted by Gasteiger charge is 2.36. The van der Waals surface area contributed by atoms with E-state index in [1.54, 1.807) is 26.4 Å². The summed E-state index contributed by atoms with van der Waals surface area (Å²) in [5.41, 5.74) is 8.92. The number of H-pyrrole nitrogens is 1. The molecule has 26 heavy (non-hydrogen) atoms. The van der Waals surface area contributed by atoms with Crippen molar-refractivity contribution in [1.82, 2.24) is 9.97 Å². The first kappa shape index (κ1) is 17.3. The number of ether oxygens (including phenoxy) is 2. The summed E-state index contributed by atoms with van der Waals surface area (Å²) in [6.07, 6.45) is 3.32. The Bertz CT molecular complexity index is 919. The summed E-state index contributed by atoms with van der Waals surface area (Å²) in [6, 6.07) is 9.55. The van der Waals surface area contributed by atoms with Crippen LogP contribution in [0.4, 0.5) is 0 Å². The second kappa shape index (κ2) is 7.15. The van der Waals surface area contributed by atoms with Crippen molar-refractivity contribution in [3.63, 3.8) is 0 Å². The Morgan fingerprint density at radius 2 is 2.15 bits per heavy atom. The molecular formula is C19H18N4O3. The van der Waals surface area contributed by atoms with Gasteiger partial charge in [0.1, 0.15) is 17.4 Å². The van der Waals surface area contributed by atoms with Crippen molar-refractivity contribution in [2.75, 3.05) is 6.61 Å². The molecule has 0 spiro atoms. The van der Waals surface area contributed by atoms with E-state index < -0.39 is 11.9 Å². The molecule has 0 aliphatic carbocycles. The molecule has 2 heterocycles. The van der Waals surface area contributed by atoms with Gasteiger partial charge >= 0.3 is 5.97 Å². The molecule has 1 aromatic heterocycles. The van der Waals surface area contributed by atoms with Gasteiger partial charge in [-0.3, -0.25) is 0 Å². The first-order valence-corrected chi connectivity index (χ1v) is 8.11. The molecule has 0 radical (unpaired) electrons. The van der Waals surface area contributed by atoms with Gasteiger partial charge in [-0.2, -0.15) is 5.26 Å². The summed E-state index contributed by atoms with van der Waals surface area (Å²) in [5.74, 6) is -0.820. The largest absolute Gasteiger partial charge is 0.463 e. The number of aromatic amines is 1. The number of nitrogens with one attached hydrogen (secondary N) is 1. The van der Waals surface area contributed by atoms with Gasteiger partial charge in [-0.25, -0.2) is 9.78 Å². The first-order valence-electron chi connectivity index (χ1n) is 8.11. The van der Waals surface area contributed by atoms with Crippen molar-refractivity contribution in [1.29, 1.82) is 5.26 Å². The number of nitrogens with two attached hydrogens (primary N) is 1. The summed E-state index contributed by atoms with van der Waals surface area (Å²) in [4.78, 5) is 19.5. The molecule has 1 aromatic carbocycles. The molecule has 7 heteroatoms. The number of hydrogen-bond acceptors (Lipinski definition) is 6. The Kier molecular flexibility index (Phi) is 4.76. The fourth-order valence-corrected chi connectivity index (χ4v) is 2.96. The molecule has 3 N–H and O–H groups in total. The Labute approximate surface area is 150 Å². The molecule has 1 unspecified atom stereocenters. The van der Waals surface area contributed by atoms with E-state index in [1.807, 2.05) is 24.3 Å². The third kappa shape index (κ3) is 3.05. The molecule has 2 aromatic rings. The lowest BCUT2D eigenvalue weighted by Crippen LogP contribution is -2.25. The number of aromatic nitrogens is 2. The number of carbonyl (C=O) groups excluding carboxylic acids is 1. The molecule has 7 nitrogen and oxygen atoms in total. The van der Waals surface area contributed by atoms with Crippen LogP contribution in [0.1, 0.15) is 25.3 Å². The van der Waals surface area contributed by atoms with Crippen molar-refractivity contribution < 1.29 is 14.3 Å². The van der Waals surface area contributed by atoms with E-state index in [0.717, 1.165) is 16.8 Å². The van der Waals surface area contributed by atoms with Gasteiger partial charge in [-0.1, -0.05) is 24.3 Å². The van der Waals surface area contributed by atoms with Crippen LogP contribution in [0.2, 0.25) is 0 Å². The van der Waals surface area contributed by atoms with Gasteiger partial charge in [-0.05, 0) is 25.0 Å². The smallest absolute Gasteiger partial charge is 0.338 e. The number of benzene rings is 1. The van der Waals surface area contributed by atoms with Crippen LogP contribution in [-0.2, 0) is 14.3 Å². The van der Waals surface area contributed by atoms with Crippen LogP contribution in [0.15, 0.2) is 59.6 Å². The van der Waals surface area contributed by atoms with Gasteiger partial charge in [-0.15, -0.1) is 0 Å². The molecule has 0 amide bonds. The zero-order valence-electron chi connectivity index (χ0n) is 14.4. The fourth-order valence-electron chi connectivity index (χ4n) is 2.96. The van der Waals surface area contributed by atoms with E-state index in [2.05, 4.69) is 16.0 Å². The maximum Gasteiger partial charge on any atom is 0.338 e. The molecule has 3 rings (SSSR count). The molecule has 1 aliphatic rings. The number of nitrogens with zero attached hydrogens (tertiary/aromatic N) is 2. The van der Waals surface area contributed by atoms with E-state index in [-0.39, 0.29) is 23.6 Å². The van der Waals surface area contributed by atoms with Crippen molar-refractivity contribution in [3.05, 3.63) is 65.1 Å². The number of rotatable bonds is 4. The topological polar surface area (TPSA) is 114 Å².